The average Bonchev–Trinajstić information content (AvgIpc) is 2.94. The van der Waals surface area contributed by atoms with Gasteiger partial charge in [-0.25, -0.2) is 13.4 Å². The Morgan fingerprint density at radius 3 is 2.84 bits per heavy atom. The van der Waals surface area contributed by atoms with Crippen LogP contribution in [0, 0.1) is 0 Å². The van der Waals surface area contributed by atoms with Crippen LogP contribution in [0.3, 0.4) is 0 Å². The molecule has 1 aromatic heterocycles. The summed E-state index contributed by atoms with van der Waals surface area (Å²) in [5.74, 6) is -0.763. The average molecular weight is 289 g/mol. The second-order valence-electron chi connectivity index (χ2n) is 4.37. The topological polar surface area (TPSA) is 124 Å². The molecule has 0 saturated carbocycles. The van der Waals surface area contributed by atoms with Crippen molar-refractivity contribution in [1.29, 1.82) is 0 Å². The fraction of sp³-hybridized carbons (Fsp3) is 0.600. The van der Waals surface area contributed by atoms with Gasteiger partial charge in [-0.2, -0.15) is 4.31 Å². The fourth-order valence-corrected chi connectivity index (χ4v) is 3.62. The number of carbonyl (C=O) groups is 1. The summed E-state index contributed by atoms with van der Waals surface area (Å²) in [7, 11) is -3.98. The number of rotatable bonds is 4. The number of β-amino-alcohol motifs (C(OH)–C–C–N with tert-alkyl or cyclic N) is 1. The standard InChI is InChI=1S/C10H15N3O5S/c1-2-8-11-4-9(12-8)19(17,18)13-5-6(14)3-7(13)10(15)16/h4,6-7,14H,2-3,5H2,1H3,(H,11,12)(H,15,16)/t6-,7+/m0/s1. The van der Waals surface area contributed by atoms with Crippen molar-refractivity contribution >= 4 is 16.0 Å². The smallest absolute Gasteiger partial charge is 0.322 e. The van der Waals surface area contributed by atoms with Gasteiger partial charge in [-0.1, -0.05) is 6.92 Å². The summed E-state index contributed by atoms with van der Waals surface area (Å²) in [6.07, 6.45) is 0.631. The Bertz CT molecular complexity index is 582. The molecule has 2 rings (SSSR count). The summed E-state index contributed by atoms with van der Waals surface area (Å²) in [6, 6.07) is -1.24. The maximum atomic E-state index is 12.3. The molecule has 0 spiro atoms. The van der Waals surface area contributed by atoms with E-state index < -0.39 is 28.1 Å². The van der Waals surface area contributed by atoms with Gasteiger partial charge in [0, 0.05) is 19.4 Å². The number of aliphatic hydroxyl groups is 1. The van der Waals surface area contributed by atoms with E-state index in [0.29, 0.717) is 12.2 Å². The lowest BCUT2D eigenvalue weighted by molar-refractivity contribution is -0.140. The molecule has 2 atom stereocenters. The van der Waals surface area contributed by atoms with Crippen LogP contribution in [0.4, 0.5) is 0 Å². The number of aromatic nitrogens is 2. The maximum absolute atomic E-state index is 12.3. The van der Waals surface area contributed by atoms with Gasteiger partial charge in [0.2, 0.25) is 0 Å². The number of carboxylic acids is 1. The molecule has 0 unspecified atom stereocenters. The number of nitrogens with zero attached hydrogens (tertiary/aromatic N) is 2. The molecule has 1 aromatic rings. The van der Waals surface area contributed by atoms with Crippen molar-refractivity contribution in [2.75, 3.05) is 6.54 Å². The summed E-state index contributed by atoms with van der Waals surface area (Å²) in [5.41, 5.74) is 0. The van der Waals surface area contributed by atoms with Crippen LogP contribution in [0.15, 0.2) is 11.2 Å². The number of aryl methyl sites for hydroxylation is 1. The largest absolute Gasteiger partial charge is 0.480 e. The Balaban J connectivity index is 2.35. The van der Waals surface area contributed by atoms with Crippen molar-refractivity contribution in [3.63, 3.8) is 0 Å². The van der Waals surface area contributed by atoms with Crippen LogP contribution < -0.4 is 0 Å². The van der Waals surface area contributed by atoms with Crippen molar-refractivity contribution in [3.05, 3.63) is 12.0 Å². The predicted octanol–water partition coefficient (Wildman–Crippen LogP) is -0.819. The minimum atomic E-state index is -3.98. The predicted molar refractivity (Wildman–Crippen MR) is 63.9 cm³/mol. The highest BCUT2D eigenvalue weighted by Crippen LogP contribution is 2.25. The Kier molecular flexibility index (Phi) is 3.61. The monoisotopic (exact) mass is 289 g/mol. The van der Waals surface area contributed by atoms with Crippen molar-refractivity contribution in [2.24, 2.45) is 0 Å². The molecule has 106 valence electrons. The van der Waals surface area contributed by atoms with Crippen LogP contribution in [0.2, 0.25) is 0 Å². The van der Waals surface area contributed by atoms with Gasteiger partial charge in [-0.05, 0) is 0 Å². The molecule has 0 bridgehead atoms. The Morgan fingerprint density at radius 1 is 1.63 bits per heavy atom. The van der Waals surface area contributed by atoms with Crippen molar-refractivity contribution < 1.29 is 23.4 Å². The highest BCUT2D eigenvalue weighted by Gasteiger charge is 2.44. The van der Waals surface area contributed by atoms with Crippen LogP contribution >= 0.6 is 0 Å². The summed E-state index contributed by atoms with van der Waals surface area (Å²) < 4.78 is 25.4. The normalized spacial score (nSPS) is 24.7. The highest BCUT2D eigenvalue weighted by molar-refractivity contribution is 7.89. The Morgan fingerprint density at radius 2 is 2.32 bits per heavy atom. The molecule has 1 aliphatic rings. The van der Waals surface area contributed by atoms with E-state index in [1.165, 1.54) is 0 Å². The minimum absolute atomic E-state index is 0.108. The van der Waals surface area contributed by atoms with Gasteiger partial charge < -0.3 is 15.2 Å². The lowest BCUT2D eigenvalue weighted by atomic mass is 10.2. The van der Waals surface area contributed by atoms with Crippen molar-refractivity contribution in [2.45, 2.75) is 36.9 Å². The van der Waals surface area contributed by atoms with Gasteiger partial charge in [-0.15, -0.1) is 0 Å². The number of aromatic amines is 1. The molecule has 0 amide bonds. The number of aliphatic carboxylic acids is 1. The molecular formula is C10H15N3O5S. The molecule has 1 fully saturated rings. The lowest BCUT2D eigenvalue weighted by Crippen LogP contribution is -2.40. The zero-order valence-electron chi connectivity index (χ0n) is 10.3. The van der Waals surface area contributed by atoms with Gasteiger partial charge in [-0.3, -0.25) is 4.79 Å². The molecule has 1 aliphatic heterocycles. The van der Waals surface area contributed by atoms with Crippen molar-refractivity contribution in [3.8, 4) is 0 Å². The van der Waals surface area contributed by atoms with E-state index in [9.17, 15) is 18.3 Å². The highest BCUT2D eigenvalue weighted by atomic mass is 32.2. The van der Waals surface area contributed by atoms with Crippen LogP contribution in [-0.4, -0.2) is 57.6 Å². The first-order valence-corrected chi connectivity index (χ1v) is 7.27. The van der Waals surface area contributed by atoms with E-state index in [0.717, 1.165) is 10.5 Å². The second-order valence-corrected chi connectivity index (χ2v) is 6.22. The summed E-state index contributed by atoms with van der Waals surface area (Å²) >= 11 is 0. The third kappa shape index (κ3) is 2.48. The molecule has 0 aliphatic carbocycles. The van der Waals surface area contributed by atoms with Crippen LogP contribution in [0.25, 0.3) is 0 Å². The maximum Gasteiger partial charge on any atom is 0.322 e. The van der Waals surface area contributed by atoms with E-state index in [4.69, 9.17) is 5.11 Å². The molecule has 9 heteroatoms. The van der Waals surface area contributed by atoms with Crippen LogP contribution in [-0.2, 0) is 21.2 Å². The molecule has 19 heavy (non-hydrogen) atoms. The molecule has 0 aromatic carbocycles. The number of carboxylic acid groups (broad SMARTS) is 1. The van der Waals surface area contributed by atoms with Crippen molar-refractivity contribution in [1.82, 2.24) is 14.3 Å². The first kappa shape index (κ1) is 14.0. The number of imidazole rings is 1. The van der Waals surface area contributed by atoms with Gasteiger partial charge >= 0.3 is 5.97 Å². The lowest BCUT2D eigenvalue weighted by Gasteiger charge is -2.19. The summed E-state index contributed by atoms with van der Waals surface area (Å²) in [5, 5.41) is 18.4. The molecule has 8 nitrogen and oxygen atoms in total. The first-order chi connectivity index (χ1) is 8.86. The molecule has 0 radical (unpaired) electrons. The number of H-pyrrole nitrogens is 1. The van der Waals surface area contributed by atoms with E-state index >= 15 is 0 Å². The second kappa shape index (κ2) is 4.91. The quantitative estimate of drug-likeness (QED) is 0.665. The van der Waals surface area contributed by atoms with E-state index in [2.05, 4.69) is 9.97 Å². The number of hydrogen-bond acceptors (Lipinski definition) is 5. The van der Waals surface area contributed by atoms with Gasteiger partial charge in [0.05, 0.1) is 12.3 Å². The zero-order chi connectivity index (χ0) is 14.2. The van der Waals surface area contributed by atoms with Gasteiger partial charge in [0.1, 0.15) is 11.9 Å². The SMILES string of the molecule is CCc1ncc(S(=O)(=O)N2C[C@@H](O)C[C@@H]2C(=O)O)[nH]1. The number of aliphatic hydroxyl groups excluding tert-OH is 1. The molecule has 2 heterocycles. The van der Waals surface area contributed by atoms with E-state index in [-0.39, 0.29) is 18.0 Å². The first-order valence-electron chi connectivity index (χ1n) is 5.82. The van der Waals surface area contributed by atoms with Crippen LogP contribution in [0.1, 0.15) is 19.2 Å². The fourth-order valence-electron chi connectivity index (χ4n) is 2.05. The molecule has 3 N–H and O–H groups in total. The molecule has 1 saturated heterocycles. The Hall–Kier alpha value is -1.45. The minimum Gasteiger partial charge on any atom is -0.480 e. The molecular weight excluding hydrogens is 274 g/mol. The van der Waals surface area contributed by atoms with Gasteiger partial charge in [0.25, 0.3) is 10.0 Å². The van der Waals surface area contributed by atoms with E-state index in [1.807, 2.05) is 6.92 Å². The third-order valence-corrected chi connectivity index (χ3v) is 4.83. The van der Waals surface area contributed by atoms with Crippen LogP contribution in [0.5, 0.6) is 0 Å². The summed E-state index contributed by atoms with van der Waals surface area (Å²) in [6.45, 7) is 1.59. The van der Waals surface area contributed by atoms with E-state index in [1.54, 1.807) is 0 Å². The third-order valence-electron chi connectivity index (χ3n) is 3.05. The number of nitrogens with one attached hydrogen (secondary N) is 1. The van der Waals surface area contributed by atoms with Gasteiger partial charge in [0.15, 0.2) is 5.03 Å². The number of sulfonamides is 1. The summed E-state index contributed by atoms with van der Waals surface area (Å²) in [4.78, 5) is 17.6. The zero-order valence-corrected chi connectivity index (χ0v) is 11.1. The Labute approximate surface area is 110 Å². The number of hydrogen-bond donors (Lipinski definition) is 3.